The van der Waals surface area contributed by atoms with Gasteiger partial charge in [-0.15, -0.1) is 0 Å². The number of rotatable bonds is 2. The first-order chi connectivity index (χ1) is 4.68. The third kappa shape index (κ3) is 1.79. The molecule has 0 aromatic carbocycles. The fourth-order valence-corrected chi connectivity index (χ4v) is 0.596. The quantitative estimate of drug-likeness (QED) is 0.606. The largest absolute Gasteiger partial charge is 0.257 e. The molecule has 10 heavy (non-hydrogen) atoms. The van der Waals surface area contributed by atoms with Crippen LogP contribution in [-0.4, -0.2) is 16.2 Å². The molecule has 2 radical (unpaired) electrons. The minimum absolute atomic E-state index is 0.398. The van der Waals surface area contributed by atoms with E-state index in [0.717, 1.165) is 4.68 Å². The summed E-state index contributed by atoms with van der Waals surface area (Å²) < 4.78 is 24.3. The molecule has 54 valence electrons. The molecule has 1 rings (SSSR count). The maximum absolute atomic E-state index is 11.6. The van der Waals surface area contributed by atoms with Crippen LogP contribution in [0.5, 0.6) is 0 Å². The Balaban J connectivity index is 2.58. The van der Waals surface area contributed by atoms with Crippen molar-refractivity contribution in [3.05, 3.63) is 18.0 Å². The normalized spacial score (nSPS) is 10.8. The van der Waals surface area contributed by atoms with E-state index in [1.54, 1.807) is 6.92 Å². The van der Waals surface area contributed by atoms with Gasteiger partial charge in [0.05, 0.1) is 6.20 Å². The second-order valence-electron chi connectivity index (χ2n) is 1.92. The van der Waals surface area contributed by atoms with E-state index < -0.39 is 13.0 Å². The van der Waals surface area contributed by atoms with Crippen LogP contribution < -0.4 is 0 Å². The maximum Gasteiger partial charge on any atom is 0.257 e. The van der Waals surface area contributed by atoms with Crippen LogP contribution in [0.25, 0.3) is 0 Å². The minimum Gasteiger partial charge on any atom is -0.257 e. The Morgan fingerprint density at radius 2 is 2.40 bits per heavy atom. The Morgan fingerprint density at radius 3 is 2.80 bits per heavy atom. The molecule has 0 unspecified atom stereocenters. The molecule has 4 heteroatoms. The molecule has 2 nitrogen and oxygen atoms in total. The van der Waals surface area contributed by atoms with Gasteiger partial charge in [0.25, 0.3) is 6.43 Å². The summed E-state index contributed by atoms with van der Waals surface area (Å²) in [5, 5.41) is 3.51. The van der Waals surface area contributed by atoms with Gasteiger partial charge in [-0.25, -0.2) is 8.78 Å². The van der Waals surface area contributed by atoms with Crippen LogP contribution in [0.1, 0.15) is 5.56 Å². The molecule has 0 bridgehead atoms. The third-order valence-corrected chi connectivity index (χ3v) is 0.946. The third-order valence-electron chi connectivity index (χ3n) is 0.946. The van der Waals surface area contributed by atoms with Gasteiger partial charge in [-0.3, -0.25) is 4.68 Å². The smallest absolute Gasteiger partial charge is 0.257 e. The molecule has 0 amide bonds. The molecular weight excluding hydrogens is 138 g/mol. The highest BCUT2D eigenvalue weighted by molar-refractivity contribution is 4.95. The maximum atomic E-state index is 11.6. The molecular formula is C6H6F2N2. The molecule has 0 atom stereocenters. The van der Waals surface area contributed by atoms with Gasteiger partial charge >= 0.3 is 0 Å². The number of aromatic nitrogens is 2. The molecule has 0 saturated carbocycles. The van der Waals surface area contributed by atoms with Gasteiger partial charge in [-0.1, -0.05) is 0 Å². The first kappa shape index (κ1) is 7.18. The van der Waals surface area contributed by atoms with Gasteiger partial charge in [-0.05, 0) is 6.92 Å². The van der Waals surface area contributed by atoms with Crippen molar-refractivity contribution < 1.29 is 8.78 Å². The van der Waals surface area contributed by atoms with E-state index in [9.17, 15) is 8.78 Å². The average molecular weight is 144 g/mol. The second-order valence-corrected chi connectivity index (χ2v) is 1.92. The summed E-state index contributed by atoms with van der Waals surface area (Å²) in [4.78, 5) is 0. The lowest BCUT2D eigenvalue weighted by atomic mass is 10.4. The van der Waals surface area contributed by atoms with Crippen LogP contribution in [0.2, 0.25) is 0 Å². The van der Waals surface area contributed by atoms with Gasteiger partial charge in [-0.2, -0.15) is 5.10 Å². The first-order valence-electron chi connectivity index (χ1n) is 2.81. The molecule has 0 aliphatic carbocycles. The number of hydrogen-bond donors (Lipinski definition) is 0. The van der Waals surface area contributed by atoms with E-state index in [-0.39, 0.29) is 0 Å². The highest BCUT2D eigenvalue weighted by Crippen LogP contribution is 1.98. The summed E-state index contributed by atoms with van der Waals surface area (Å²) >= 11 is 0. The minimum atomic E-state index is -2.37. The van der Waals surface area contributed by atoms with E-state index in [0.29, 0.717) is 5.56 Å². The SMILES string of the molecule is Cc1[c]nn(CC(F)F)[c]1. The molecule has 0 aliphatic rings. The fourth-order valence-electron chi connectivity index (χ4n) is 0.596. The lowest BCUT2D eigenvalue weighted by Gasteiger charge is -1.96. The Morgan fingerprint density at radius 1 is 1.70 bits per heavy atom. The zero-order valence-corrected chi connectivity index (χ0v) is 5.43. The average Bonchev–Trinajstić information content (AvgIpc) is 2.13. The van der Waals surface area contributed by atoms with Gasteiger partial charge < -0.3 is 0 Å². The van der Waals surface area contributed by atoms with Crippen LogP contribution in [0.4, 0.5) is 8.78 Å². The number of aryl methyl sites for hydroxylation is 1. The molecule has 0 N–H and O–H groups in total. The summed E-state index contributed by atoms with van der Waals surface area (Å²) in [6.07, 6.45) is 2.70. The van der Waals surface area contributed by atoms with E-state index in [1.807, 2.05) is 0 Å². The summed E-state index contributed by atoms with van der Waals surface area (Å²) in [6.45, 7) is 1.30. The Bertz CT molecular complexity index is 207. The molecule has 1 aromatic heterocycles. The number of nitrogens with zero attached hydrogens (tertiary/aromatic N) is 2. The van der Waals surface area contributed by atoms with E-state index in [1.165, 1.54) is 0 Å². The van der Waals surface area contributed by atoms with Gasteiger partial charge in [0.2, 0.25) is 0 Å². The van der Waals surface area contributed by atoms with Crippen molar-refractivity contribution in [2.24, 2.45) is 0 Å². The summed E-state index contributed by atoms with van der Waals surface area (Å²) in [7, 11) is 0. The Kier molecular flexibility index (Phi) is 1.99. The molecule has 1 aromatic rings. The van der Waals surface area contributed by atoms with E-state index >= 15 is 0 Å². The van der Waals surface area contributed by atoms with Crippen molar-refractivity contribution in [3.63, 3.8) is 0 Å². The predicted molar refractivity (Wildman–Crippen MR) is 30.6 cm³/mol. The van der Waals surface area contributed by atoms with Crippen molar-refractivity contribution in [2.45, 2.75) is 19.9 Å². The Hall–Kier alpha value is -0.930. The van der Waals surface area contributed by atoms with Crippen molar-refractivity contribution >= 4 is 0 Å². The van der Waals surface area contributed by atoms with Crippen molar-refractivity contribution in [1.82, 2.24) is 9.78 Å². The van der Waals surface area contributed by atoms with Crippen LogP contribution in [0.3, 0.4) is 0 Å². The summed E-state index contributed by atoms with van der Waals surface area (Å²) in [5.74, 6) is 0. The van der Waals surface area contributed by atoms with Crippen molar-refractivity contribution in [3.8, 4) is 0 Å². The van der Waals surface area contributed by atoms with Crippen LogP contribution >= 0.6 is 0 Å². The monoisotopic (exact) mass is 144 g/mol. The molecule has 0 spiro atoms. The van der Waals surface area contributed by atoms with E-state index in [4.69, 9.17) is 0 Å². The van der Waals surface area contributed by atoms with Crippen LogP contribution in [0.15, 0.2) is 0 Å². The lowest BCUT2D eigenvalue weighted by molar-refractivity contribution is 0.121. The zero-order valence-electron chi connectivity index (χ0n) is 5.43. The number of hydrogen-bond acceptors (Lipinski definition) is 1. The van der Waals surface area contributed by atoms with E-state index in [2.05, 4.69) is 17.5 Å². The van der Waals surface area contributed by atoms with Crippen molar-refractivity contribution in [1.29, 1.82) is 0 Å². The highest BCUT2D eigenvalue weighted by Gasteiger charge is 2.04. The number of alkyl halides is 2. The number of halogens is 2. The topological polar surface area (TPSA) is 17.8 Å². The molecule has 0 fully saturated rings. The fraction of sp³-hybridized carbons (Fsp3) is 0.500. The standard InChI is InChI=1S/C6H6F2N2/c1-5-2-9-10(3-5)4-6(7)8/h6H,4H2,1H3. The predicted octanol–water partition coefficient (Wildman–Crippen LogP) is 1.06. The summed E-state index contributed by atoms with van der Waals surface area (Å²) in [6, 6.07) is 0. The Labute approximate surface area is 57.5 Å². The van der Waals surface area contributed by atoms with Crippen molar-refractivity contribution in [2.75, 3.05) is 0 Å². The summed E-state index contributed by atoms with van der Waals surface area (Å²) in [5.41, 5.74) is 0.653. The first-order valence-corrected chi connectivity index (χ1v) is 2.81. The second kappa shape index (κ2) is 2.77. The highest BCUT2D eigenvalue weighted by atomic mass is 19.3. The molecule has 0 aliphatic heterocycles. The van der Waals surface area contributed by atoms with Crippen LogP contribution in [-0.2, 0) is 6.54 Å². The zero-order chi connectivity index (χ0) is 7.56. The lowest BCUT2D eigenvalue weighted by Crippen LogP contribution is -2.06. The van der Waals surface area contributed by atoms with Gasteiger partial charge in [0.15, 0.2) is 0 Å². The van der Waals surface area contributed by atoms with Gasteiger partial charge in [0, 0.05) is 5.56 Å². The molecule has 0 saturated heterocycles. The van der Waals surface area contributed by atoms with Gasteiger partial charge in [0.1, 0.15) is 12.7 Å². The van der Waals surface area contributed by atoms with Crippen LogP contribution in [0, 0.1) is 19.3 Å². The molecule has 1 heterocycles.